The number of nitrogens with zero attached hydrogens (tertiary/aromatic N) is 1. The van der Waals surface area contributed by atoms with Crippen molar-refractivity contribution in [2.45, 2.75) is 56.4 Å². The van der Waals surface area contributed by atoms with Gasteiger partial charge in [-0.2, -0.15) is 0 Å². The number of unbranched alkanes of at least 4 members (excludes halogenated alkanes) is 2. The van der Waals surface area contributed by atoms with Crippen LogP contribution in [0.1, 0.15) is 50.5 Å². The minimum atomic E-state index is -1.30. The molecular formula is C22H32N4O5. The normalized spacial score (nSPS) is 16.4. The van der Waals surface area contributed by atoms with Gasteiger partial charge in [0.2, 0.25) is 17.7 Å². The molecule has 0 aromatic heterocycles. The summed E-state index contributed by atoms with van der Waals surface area (Å²) in [5, 5.41) is 11.6. The first-order valence-corrected chi connectivity index (χ1v) is 10.7. The number of carboxylic acids is 1. The summed E-state index contributed by atoms with van der Waals surface area (Å²) >= 11 is 0. The number of hydrogen-bond acceptors (Lipinski definition) is 5. The largest absolute Gasteiger partial charge is 0.481 e. The lowest BCUT2D eigenvalue weighted by atomic mass is 9.71. The molecule has 1 aromatic rings. The standard InChI is InChI=1S/C22H32N4O5/c23-12-6-2-5-9-18(27)26-13-10-22(11-14-26,16-7-3-1-4-8-16)21(31)25-17(20(24)30)15-19(28)29/h1,3-4,7-8,17H,2,5-6,9-15,23H2,(H2,24,30)(H,25,31)(H,28,29)/t17-/m0/s1. The summed E-state index contributed by atoms with van der Waals surface area (Å²) in [6.45, 7) is 1.41. The van der Waals surface area contributed by atoms with Gasteiger partial charge in [0.05, 0.1) is 11.8 Å². The van der Waals surface area contributed by atoms with E-state index in [1.807, 2.05) is 30.3 Å². The van der Waals surface area contributed by atoms with E-state index in [2.05, 4.69) is 5.32 Å². The van der Waals surface area contributed by atoms with Gasteiger partial charge in [0.25, 0.3) is 0 Å². The molecule has 1 fully saturated rings. The predicted octanol–water partition coefficient (Wildman–Crippen LogP) is 0.511. The number of likely N-dealkylation sites (tertiary alicyclic amines) is 1. The zero-order chi connectivity index (χ0) is 22.9. The van der Waals surface area contributed by atoms with Crippen LogP contribution >= 0.6 is 0 Å². The molecule has 9 heteroatoms. The van der Waals surface area contributed by atoms with Crippen LogP contribution in [0.4, 0.5) is 0 Å². The van der Waals surface area contributed by atoms with E-state index in [0.29, 0.717) is 38.9 Å². The third-order valence-corrected chi connectivity index (χ3v) is 5.85. The molecule has 0 unspecified atom stereocenters. The topological polar surface area (TPSA) is 156 Å². The fourth-order valence-corrected chi connectivity index (χ4v) is 3.99. The van der Waals surface area contributed by atoms with Crippen molar-refractivity contribution in [3.8, 4) is 0 Å². The average Bonchev–Trinajstić information content (AvgIpc) is 2.76. The molecule has 2 rings (SSSR count). The number of carbonyl (C=O) groups excluding carboxylic acids is 3. The van der Waals surface area contributed by atoms with Gasteiger partial charge in [-0.05, 0) is 37.8 Å². The number of benzene rings is 1. The molecule has 1 aliphatic heterocycles. The Bertz CT molecular complexity index is 775. The van der Waals surface area contributed by atoms with Crippen LogP contribution in [0.25, 0.3) is 0 Å². The number of nitrogens with one attached hydrogen (secondary N) is 1. The molecule has 1 saturated heterocycles. The highest BCUT2D eigenvalue weighted by Gasteiger charge is 2.44. The van der Waals surface area contributed by atoms with Crippen molar-refractivity contribution in [1.29, 1.82) is 0 Å². The van der Waals surface area contributed by atoms with E-state index >= 15 is 0 Å². The maximum absolute atomic E-state index is 13.3. The quantitative estimate of drug-likeness (QED) is 0.373. The molecule has 0 saturated carbocycles. The van der Waals surface area contributed by atoms with Crippen LogP contribution in [-0.2, 0) is 24.6 Å². The maximum atomic E-state index is 13.3. The summed E-state index contributed by atoms with van der Waals surface area (Å²) in [4.78, 5) is 50.3. The van der Waals surface area contributed by atoms with E-state index in [4.69, 9.17) is 16.6 Å². The fraction of sp³-hybridized carbons (Fsp3) is 0.545. The Balaban J connectivity index is 2.14. The van der Waals surface area contributed by atoms with Crippen LogP contribution in [-0.4, -0.2) is 59.4 Å². The molecule has 0 spiro atoms. The van der Waals surface area contributed by atoms with Gasteiger partial charge in [-0.25, -0.2) is 0 Å². The molecule has 1 atom stereocenters. The molecular weight excluding hydrogens is 400 g/mol. The number of piperidine rings is 1. The second kappa shape index (κ2) is 11.5. The Kier molecular flexibility index (Phi) is 8.99. The van der Waals surface area contributed by atoms with E-state index in [1.165, 1.54) is 0 Å². The van der Waals surface area contributed by atoms with Crippen LogP contribution in [0.2, 0.25) is 0 Å². The van der Waals surface area contributed by atoms with Gasteiger partial charge < -0.3 is 26.8 Å². The molecule has 3 amide bonds. The van der Waals surface area contributed by atoms with Gasteiger partial charge in [-0.3, -0.25) is 19.2 Å². The van der Waals surface area contributed by atoms with Gasteiger partial charge in [-0.1, -0.05) is 36.8 Å². The van der Waals surface area contributed by atoms with Crippen molar-refractivity contribution in [3.63, 3.8) is 0 Å². The molecule has 0 bridgehead atoms. The highest BCUT2D eigenvalue weighted by molar-refractivity contribution is 5.94. The lowest BCUT2D eigenvalue weighted by Gasteiger charge is -2.41. The van der Waals surface area contributed by atoms with E-state index in [-0.39, 0.29) is 5.91 Å². The molecule has 1 aliphatic rings. The molecule has 9 nitrogen and oxygen atoms in total. The predicted molar refractivity (Wildman–Crippen MR) is 115 cm³/mol. The zero-order valence-corrected chi connectivity index (χ0v) is 17.7. The Morgan fingerprint density at radius 2 is 1.71 bits per heavy atom. The van der Waals surface area contributed by atoms with Gasteiger partial charge in [0, 0.05) is 19.5 Å². The first kappa shape index (κ1) is 24.3. The lowest BCUT2D eigenvalue weighted by molar-refractivity contribution is -0.141. The summed E-state index contributed by atoms with van der Waals surface area (Å²) in [6, 6.07) is 7.85. The lowest BCUT2D eigenvalue weighted by Crippen LogP contribution is -2.56. The number of primary amides is 1. The minimum Gasteiger partial charge on any atom is -0.481 e. The highest BCUT2D eigenvalue weighted by atomic mass is 16.4. The number of amides is 3. The van der Waals surface area contributed by atoms with Gasteiger partial charge in [-0.15, -0.1) is 0 Å². The Morgan fingerprint density at radius 1 is 1.06 bits per heavy atom. The number of aliphatic carboxylic acids is 1. The average molecular weight is 433 g/mol. The highest BCUT2D eigenvalue weighted by Crippen LogP contribution is 2.36. The SMILES string of the molecule is NCCCCCC(=O)N1CCC(C(=O)N[C@@H](CC(=O)O)C(N)=O)(c2ccccc2)CC1. The second-order valence-electron chi connectivity index (χ2n) is 7.95. The van der Waals surface area contributed by atoms with Crippen LogP contribution in [0, 0.1) is 0 Å². The third-order valence-electron chi connectivity index (χ3n) is 5.85. The Hall–Kier alpha value is -2.94. The van der Waals surface area contributed by atoms with Crippen molar-refractivity contribution in [3.05, 3.63) is 35.9 Å². The molecule has 6 N–H and O–H groups in total. The molecule has 1 heterocycles. The van der Waals surface area contributed by atoms with E-state index in [0.717, 1.165) is 24.8 Å². The van der Waals surface area contributed by atoms with Crippen molar-refractivity contribution < 1.29 is 24.3 Å². The Morgan fingerprint density at radius 3 is 2.26 bits per heavy atom. The third kappa shape index (κ3) is 6.52. The number of carboxylic acid groups (broad SMARTS) is 1. The van der Waals surface area contributed by atoms with Crippen LogP contribution in [0.3, 0.4) is 0 Å². The molecule has 1 aromatic carbocycles. The van der Waals surface area contributed by atoms with Gasteiger partial charge >= 0.3 is 5.97 Å². The van der Waals surface area contributed by atoms with Crippen LogP contribution < -0.4 is 16.8 Å². The zero-order valence-electron chi connectivity index (χ0n) is 17.7. The number of rotatable bonds is 11. The summed E-state index contributed by atoms with van der Waals surface area (Å²) in [6.07, 6.45) is 3.19. The van der Waals surface area contributed by atoms with Crippen LogP contribution in [0.5, 0.6) is 0 Å². The van der Waals surface area contributed by atoms with E-state index < -0.39 is 35.7 Å². The first-order chi connectivity index (χ1) is 14.8. The Labute approximate surface area is 182 Å². The first-order valence-electron chi connectivity index (χ1n) is 10.7. The monoisotopic (exact) mass is 432 g/mol. The molecule has 0 radical (unpaired) electrons. The van der Waals surface area contributed by atoms with E-state index in [9.17, 15) is 19.2 Å². The number of hydrogen-bond donors (Lipinski definition) is 4. The van der Waals surface area contributed by atoms with Crippen LogP contribution in [0.15, 0.2) is 30.3 Å². The van der Waals surface area contributed by atoms with Crippen molar-refractivity contribution >= 4 is 23.7 Å². The minimum absolute atomic E-state index is 0.0555. The molecule has 0 aliphatic carbocycles. The van der Waals surface area contributed by atoms with Crippen molar-refractivity contribution in [1.82, 2.24) is 10.2 Å². The summed E-state index contributed by atoms with van der Waals surface area (Å²) < 4.78 is 0. The smallest absolute Gasteiger partial charge is 0.305 e. The molecule has 170 valence electrons. The summed E-state index contributed by atoms with van der Waals surface area (Å²) in [5.41, 5.74) is 10.6. The maximum Gasteiger partial charge on any atom is 0.305 e. The van der Waals surface area contributed by atoms with Gasteiger partial charge in [0.1, 0.15) is 6.04 Å². The number of carbonyl (C=O) groups is 4. The van der Waals surface area contributed by atoms with E-state index in [1.54, 1.807) is 4.90 Å². The second-order valence-corrected chi connectivity index (χ2v) is 7.95. The van der Waals surface area contributed by atoms with Crippen molar-refractivity contribution in [2.24, 2.45) is 11.5 Å². The summed E-state index contributed by atoms with van der Waals surface area (Å²) in [5.74, 6) is -2.52. The number of nitrogens with two attached hydrogens (primary N) is 2. The molecule has 31 heavy (non-hydrogen) atoms. The van der Waals surface area contributed by atoms with Gasteiger partial charge in [0.15, 0.2) is 0 Å². The fourth-order valence-electron chi connectivity index (χ4n) is 3.99. The summed E-state index contributed by atoms with van der Waals surface area (Å²) in [7, 11) is 0. The van der Waals surface area contributed by atoms with Crippen molar-refractivity contribution in [2.75, 3.05) is 19.6 Å².